The molecule has 1 nitrogen and oxygen atoms in total. The lowest BCUT2D eigenvalue weighted by atomic mass is 9.85. The van der Waals surface area contributed by atoms with Crippen molar-refractivity contribution in [2.24, 2.45) is 0 Å². The molecule has 3 rings (SSSR count). The average Bonchev–Trinajstić information content (AvgIpc) is 2.40. The summed E-state index contributed by atoms with van der Waals surface area (Å²) in [6.45, 7) is 1.04. The van der Waals surface area contributed by atoms with Crippen molar-refractivity contribution in [3.05, 3.63) is 64.1 Å². The summed E-state index contributed by atoms with van der Waals surface area (Å²) in [4.78, 5) is 0. The van der Waals surface area contributed by atoms with Crippen molar-refractivity contribution in [3.63, 3.8) is 0 Å². The SMILES string of the molecule is Brc1cccc2c1NCCC2c1ccccc1. The third-order valence-corrected chi connectivity index (χ3v) is 4.02. The van der Waals surface area contributed by atoms with E-state index >= 15 is 0 Å². The third-order valence-electron chi connectivity index (χ3n) is 3.36. The van der Waals surface area contributed by atoms with Crippen molar-refractivity contribution in [2.45, 2.75) is 12.3 Å². The molecule has 1 aliphatic heterocycles. The van der Waals surface area contributed by atoms with Crippen molar-refractivity contribution in [2.75, 3.05) is 11.9 Å². The zero-order chi connectivity index (χ0) is 11.7. The number of benzene rings is 2. The topological polar surface area (TPSA) is 12.0 Å². The van der Waals surface area contributed by atoms with Crippen LogP contribution >= 0.6 is 15.9 Å². The molecule has 1 unspecified atom stereocenters. The Bertz CT molecular complexity index is 522. The van der Waals surface area contributed by atoms with Gasteiger partial charge in [-0.1, -0.05) is 42.5 Å². The first-order chi connectivity index (χ1) is 8.36. The average molecular weight is 288 g/mol. The van der Waals surface area contributed by atoms with Crippen molar-refractivity contribution >= 4 is 21.6 Å². The molecular formula is C15H14BrN. The van der Waals surface area contributed by atoms with E-state index in [0.29, 0.717) is 5.92 Å². The molecule has 0 aliphatic carbocycles. The van der Waals surface area contributed by atoms with Gasteiger partial charge in [-0.2, -0.15) is 0 Å². The molecule has 0 spiro atoms. The minimum absolute atomic E-state index is 0.518. The lowest BCUT2D eigenvalue weighted by Gasteiger charge is -2.28. The van der Waals surface area contributed by atoms with E-state index in [1.165, 1.54) is 16.8 Å². The Hall–Kier alpha value is -1.28. The summed E-state index contributed by atoms with van der Waals surface area (Å²) >= 11 is 3.62. The predicted molar refractivity (Wildman–Crippen MR) is 75.5 cm³/mol. The zero-order valence-corrected chi connectivity index (χ0v) is 11.1. The van der Waals surface area contributed by atoms with Gasteiger partial charge in [0.05, 0.1) is 5.69 Å². The monoisotopic (exact) mass is 287 g/mol. The Balaban J connectivity index is 2.09. The summed E-state index contributed by atoms with van der Waals surface area (Å²) in [5.41, 5.74) is 4.07. The van der Waals surface area contributed by atoms with Crippen LogP contribution in [0.4, 0.5) is 5.69 Å². The van der Waals surface area contributed by atoms with Gasteiger partial charge in [0.15, 0.2) is 0 Å². The number of hydrogen-bond donors (Lipinski definition) is 1. The number of halogens is 1. The standard InChI is InChI=1S/C15H14BrN/c16-14-8-4-7-13-12(9-10-17-15(13)14)11-5-2-1-3-6-11/h1-8,12,17H,9-10H2. The highest BCUT2D eigenvalue weighted by atomic mass is 79.9. The summed E-state index contributed by atoms with van der Waals surface area (Å²) in [5.74, 6) is 0.518. The second-order valence-electron chi connectivity index (χ2n) is 4.38. The molecule has 1 atom stereocenters. The van der Waals surface area contributed by atoms with E-state index in [9.17, 15) is 0 Å². The molecule has 0 saturated carbocycles. The van der Waals surface area contributed by atoms with Gasteiger partial charge in [-0.15, -0.1) is 0 Å². The highest BCUT2D eigenvalue weighted by Gasteiger charge is 2.22. The minimum Gasteiger partial charge on any atom is -0.384 e. The Labute approximate surface area is 110 Å². The van der Waals surface area contributed by atoms with E-state index in [-0.39, 0.29) is 0 Å². The molecule has 0 fully saturated rings. The van der Waals surface area contributed by atoms with Crippen LogP contribution in [0.15, 0.2) is 53.0 Å². The van der Waals surface area contributed by atoms with Gasteiger partial charge in [-0.25, -0.2) is 0 Å². The van der Waals surface area contributed by atoms with Crippen LogP contribution in [0.2, 0.25) is 0 Å². The second-order valence-corrected chi connectivity index (χ2v) is 5.24. The van der Waals surface area contributed by atoms with Crippen LogP contribution in [0.5, 0.6) is 0 Å². The van der Waals surface area contributed by atoms with Crippen molar-refractivity contribution in [1.29, 1.82) is 0 Å². The fourth-order valence-electron chi connectivity index (χ4n) is 2.55. The zero-order valence-electron chi connectivity index (χ0n) is 9.49. The van der Waals surface area contributed by atoms with E-state index in [1.807, 2.05) is 0 Å². The first-order valence-electron chi connectivity index (χ1n) is 5.93. The van der Waals surface area contributed by atoms with Gasteiger partial charge in [0.25, 0.3) is 0 Å². The van der Waals surface area contributed by atoms with Crippen LogP contribution in [0, 0.1) is 0 Å². The highest BCUT2D eigenvalue weighted by molar-refractivity contribution is 9.10. The van der Waals surface area contributed by atoms with Gasteiger partial charge >= 0.3 is 0 Å². The highest BCUT2D eigenvalue weighted by Crippen LogP contribution is 2.39. The largest absolute Gasteiger partial charge is 0.384 e. The van der Waals surface area contributed by atoms with E-state index in [4.69, 9.17) is 0 Å². The Morgan fingerprint density at radius 3 is 2.65 bits per heavy atom. The number of anilines is 1. The summed E-state index contributed by atoms with van der Waals surface area (Å²) in [6, 6.07) is 17.2. The number of rotatable bonds is 1. The van der Waals surface area contributed by atoms with Gasteiger partial charge in [0.1, 0.15) is 0 Å². The normalized spacial score (nSPS) is 18.3. The summed E-state index contributed by atoms with van der Waals surface area (Å²) in [7, 11) is 0. The van der Waals surface area contributed by atoms with Gasteiger partial charge < -0.3 is 5.32 Å². The molecule has 0 aromatic heterocycles. The fraction of sp³-hybridized carbons (Fsp3) is 0.200. The third kappa shape index (κ3) is 1.98. The van der Waals surface area contributed by atoms with Crippen molar-refractivity contribution in [3.8, 4) is 0 Å². The Morgan fingerprint density at radius 2 is 1.82 bits per heavy atom. The second kappa shape index (κ2) is 4.53. The van der Waals surface area contributed by atoms with E-state index < -0.39 is 0 Å². The van der Waals surface area contributed by atoms with E-state index in [1.54, 1.807) is 0 Å². The lowest BCUT2D eigenvalue weighted by Crippen LogP contribution is -2.17. The lowest BCUT2D eigenvalue weighted by molar-refractivity contribution is 0.719. The van der Waals surface area contributed by atoms with Crippen LogP contribution in [0.25, 0.3) is 0 Å². The number of nitrogens with one attached hydrogen (secondary N) is 1. The summed E-state index contributed by atoms with van der Waals surface area (Å²) < 4.78 is 1.16. The molecule has 0 radical (unpaired) electrons. The molecule has 2 aromatic rings. The van der Waals surface area contributed by atoms with Crippen LogP contribution in [0.3, 0.4) is 0 Å². The van der Waals surface area contributed by atoms with E-state index in [2.05, 4.69) is 69.8 Å². The summed E-state index contributed by atoms with van der Waals surface area (Å²) in [6.07, 6.45) is 1.16. The van der Waals surface area contributed by atoms with Crippen LogP contribution < -0.4 is 5.32 Å². The molecule has 0 bridgehead atoms. The van der Waals surface area contributed by atoms with Gasteiger partial charge in [-0.05, 0) is 39.5 Å². The Morgan fingerprint density at radius 1 is 1.00 bits per heavy atom. The predicted octanol–water partition coefficient (Wildman–Crippen LogP) is 4.40. The molecule has 1 aliphatic rings. The van der Waals surface area contributed by atoms with Crippen LogP contribution in [-0.2, 0) is 0 Å². The quantitative estimate of drug-likeness (QED) is 0.820. The molecule has 86 valence electrons. The first-order valence-corrected chi connectivity index (χ1v) is 6.73. The smallest absolute Gasteiger partial charge is 0.0523 e. The first kappa shape index (κ1) is 10.8. The Kier molecular flexibility index (Phi) is 2.89. The molecular weight excluding hydrogens is 274 g/mol. The van der Waals surface area contributed by atoms with Gasteiger partial charge in [0.2, 0.25) is 0 Å². The molecule has 2 heteroatoms. The summed E-state index contributed by atoms with van der Waals surface area (Å²) in [5, 5.41) is 3.48. The van der Waals surface area contributed by atoms with Crippen LogP contribution in [-0.4, -0.2) is 6.54 Å². The maximum atomic E-state index is 3.62. The molecule has 0 amide bonds. The van der Waals surface area contributed by atoms with Gasteiger partial charge in [0, 0.05) is 16.9 Å². The fourth-order valence-corrected chi connectivity index (χ4v) is 3.07. The molecule has 17 heavy (non-hydrogen) atoms. The maximum absolute atomic E-state index is 3.62. The van der Waals surface area contributed by atoms with Gasteiger partial charge in [-0.3, -0.25) is 0 Å². The maximum Gasteiger partial charge on any atom is 0.0523 e. The van der Waals surface area contributed by atoms with E-state index in [0.717, 1.165) is 17.4 Å². The van der Waals surface area contributed by atoms with Crippen molar-refractivity contribution in [1.82, 2.24) is 0 Å². The molecule has 1 N–H and O–H groups in total. The number of fused-ring (bicyclic) bond motifs is 1. The molecule has 1 heterocycles. The molecule has 0 saturated heterocycles. The molecule has 2 aromatic carbocycles. The van der Waals surface area contributed by atoms with Crippen LogP contribution in [0.1, 0.15) is 23.5 Å². The number of hydrogen-bond acceptors (Lipinski definition) is 1. The minimum atomic E-state index is 0.518. The van der Waals surface area contributed by atoms with Crippen molar-refractivity contribution < 1.29 is 0 Å². The number of para-hydroxylation sites is 1.